The second-order valence-electron chi connectivity index (χ2n) is 5.69. The third-order valence-electron chi connectivity index (χ3n) is 3.93. The predicted octanol–water partition coefficient (Wildman–Crippen LogP) is 7.42. The molecule has 2 aromatic carbocycles. The highest BCUT2D eigenvalue weighted by Crippen LogP contribution is 2.42. The van der Waals surface area contributed by atoms with Crippen LogP contribution in [0.25, 0.3) is 11.1 Å². The number of thiophene rings is 1. The van der Waals surface area contributed by atoms with Gasteiger partial charge in [0.05, 0.1) is 21.6 Å². The highest BCUT2D eigenvalue weighted by Gasteiger charge is 2.24. The maximum Gasteiger partial charge on any atom is 0.339 e. The number of anilines is 1. The van der Waals surface area contributed by atoms with E-state index in [4.69, 9.17) is 4.74 Å². The van der Waals surface area contributed by atoms with Gasteiger partial charge in [-0.25, -0.2) is 4.79 Å². The van der Waals surface area contributed by atoms with Crippen LogP contribution >= 0.6 is 75.1 Å². The molecule has 0 saturated heterocycles. The fraction of sp³-hybridized carbons (Fsp3) is 0.0526. The second kappa shape index (κ2) is 9.30. The van der Waals surface area contributed by atoms with E-state index in [1.165, 1.54) is 7.11 Å². The van der Waals surface area contributed by atoms with Crippen LogP contribution in [0.2, 0.25) is 0 Å². The van der Waals surface area contributed by atoms with E-state index in [1.807, 2.05) is 24.3 Å². The lowest BCUT2D eigenvalue weighted by Gasteiger charge is -2.13. The van der Waals surface area contributed by atoms with E-state index >= 15 is 0 Å². The quantitative estimate of drug-likeness (QED) is 0.278. The molecule has 1 aromatic heterocycles. The van der Waals surface area contributed by atoms with Crippen LogP contribution in [0.15, 0.2) is 53.6 Å². The Morgan fingerprint density at radius 2 is 1.83 bits per heavy atom. The second-order valence-corrected chi connectivity index (χ2v) is 9.93. The molecule has 0 aliphatic carbocycles. The number of hydrogen-bond donors (Lipinski definition) is 2. The van der Waals surface area contributed by atoms with Gasteiger partial charge in [-0.1, -0.05) is 28.1 Å². The highest BCUT2D eigenvalue weighted by atomic mass is 79.9. The van der Waals surface area contributed by atoms with Crippen molar-refractivity contribution in [2.75, 3.05) is 12.4 Å². The molecule has 10 heteroatoms. The Morgan fingerprint density at radius 3 is 2.45 bits per heavy atom. The number of benzene rings is 2. The SMILES string of the molecule is COc1c(Br)c(Br)cc(C(=O)Nc2scc(-c3cccc(Br)c3)c2C(=O)O)c1Br. The Kier molecular flexibility index (Phi) is 7.21. The van der Waals surface area contributed by atoms with Gasteiger partial charge in [0.2, 0.25) is 0 Å². The monoisotopic (exact) mass is 665 g/mol. The first-order chi connectivity index (χ1) is 13.7. The summed E-state index contributed by atoms with van der Waals surface area (Å²) in [5.41, 5.74) is 1.61. The molecular formula is C19H11Br4NO4S. The number of halogens is 4. The summed E-state index contributed by atoms with van der Waals surface area (Å²) in [6.07, 6.45) is 0. The third-order valence-corrected chi connectivity index (χ3v) is 8.05. The molecule has 150 valence electrons. The Bertz CT molecular complexity index is 1130. The zero-order valence-corrected chi connectivity index (χ0v) is 21.7. The molecule has 1 amide bonds. The lowest BCUT2D eigenvalue weighted by Crippen LogP contribution is -2.14. The number of hydrogen-bond acceptors (Lipinski definition) is 4. The molecule has 0 aliphatic heterocycles. The topological polar surface area (TPSA) is 75.6 Å². The van der Waals surface area contributed by atoms with Crippen molar-refractivity contribution in [3.63, 3.8) is 0 Å². The minimum Gasteiger partial charge on any atom is -0.494 e. The molecule has 0 atom stereocenters. The Labute approximate surface area is 204 Å². The summed E-state index contributed by atoms with van der Waals surface area (Å²) in [6, 6.07) is 8.94. The molecule has 1 heterocycles. The number of rotatable bonds is 5. The summed E-state index contributed by atoms with van der Waals surface area (Å²) in [5, 5.41) is 14.5. The lowest BCUT2D eigenvalue weighted by atomic mass is 10.0. The van der Waals surface area contributed by atoms with Gasteiger partial charge in [0.25, 0.3) is 5.91 Å². The van der Waals surface area contributed by atoms with Crippen molar-refractivity contribution in [2.24, 2.45) is 0 Å². The smallest absolute Gasteiger partial charge is 0.339 e. The first kappa shape index (κ1) is 22.5. The van der Waals surface area contributed by atoms with Crippen molar-refractivity contribution in [3.05, 3.63) is 64.7 Å². The van der Waals surface area contributed by atoms with Crippen LogP contribution in [-0.2, 0) is 0 Å². The van der Waals surface area contributed by atoms with E-state index < -0.39 is 11.9 Å². The number of carboxylic acid groups (broad SMARTS) is 1. The first-order valence-electron chi connectivity index (χ1n) is 7.88. The number of amides is 1. The summed E-state index contributed by atoms with van der Waals surface area (Å²) < 4.78 is 7.90. The van der Waals surface area contributed by atoms with Gasteiger partial charge < -0.3 is 15.2 Å². The number of carbonyl (C=O) groups is 2. The van der Waals surface area contributed by atoms with E-state index in [-0.39, 0.29) is 10.6 Å². The van der Waals surface area contributed by atoms with Crippen LogP contribution in [0, 0.1) is 0 Å². The first-order valence-corrected chi connectivity index (χ1v) is 11.9. The van der Waals surface area contributed by atoms with E-state index in [1.54, 1.807) is 11.4 Å². The van der Waals surface area contributed by atoms with Gasteiger partial charge in [-0.3, -0.25) is 4.79 Å². The average molecular weight is 669 g/mol. The van der Waals surface area contributed by atoms with Crippen LogP contribution in [0.5, 0.6) is 5.75 Å². The normalized spacial score (nSPS) is 10.7. The summed E-state index contributed by atoms with van der Waals surface area (Å²) in [6.45, 7) is 0. The maximum absolute atomic E-state index is 12.9. The summed E-state index contributed by atoms with van der Waals surface area (Å²) in [7, 11) is 1.49. The molecule has 29 heavy (non-hydrogen) atoms. The van der Waals surface area contributed by atoms with Gasteiger partial charge >= 0.3 is 5.97 Å². The van der Waals surface area contributed by atoms with Gasteiger partial charge in [0, 0.05) is 19.9 Å². The minimum atomic E-state index is -1.12. The molecule has 0 unspecified atom stereocenters. The van der Waals surface area contributed by atoms with Crippen molar-refractivity contribution in [3.8, 4) is 16.9 Å². The summed E-state index contributed by atoms with van der Waals surface area (Å²) in [4.78, 5) is 24.9. The molecule has 2 N–H and O–H groups in total. The van der Waals surface area contributed by atoms with E-state index in [9.17, 15) is 14.7 Å². The van der Waals surface area contributed by atoms with E-state index in [0.717, 1.165) is 21.4 Å². The van der Waals surface area contributed by atoms with Crippen molar-refractivity contribution in [1.29, 1.82) is 0 Å². The molecule has 0 radical (unpaired) electrons. The van der Waals surface area contributed by atoms with Crippen LogP contribution in [0.1, 0.15) is 20.7 Å². The van der Waals surface area contributed by atoms with Crippen molar-refractivity contribution < 1.29 is 19.4 Å². The standard InChI is InChI=1S/C19H11Br4NO4S/c1-28-16-14(22)10(6-12(21)15(16)23)17(25)24-18-13(19(26)27)11(7-29-18)8-3-2-4-9(20)5-8/h2-7H,1H3,(H,24,25)(H,26,27). The third kappa shape index (κ3) is 4.61. The van der Waals surface area contributed by atoms with Gasteiger partial charge in [-0.15, -0.1) is 11.3 Å². The molecule has 0 bridgehead atoms. The van der Waals surface area contributed by atoms with Gasteiger partial charge in [-0.05, 0) is 71.6 Å². The zero-order valence-electron chi connectivity index (χ0n) is 14.6. The fourth-order valence-corrected chi connectivity index (χ4v) is 5.79. The van der Waals surface area contributed by atoms with Crippen LogP contribution in [0.4, 0.5) is 5.00 Å². The number of carboxylic acids is 1. The Morgan fingerprint density at radius 1 is 1.10 bits per heavy atom. The number of methoxy groups -OCH3 is 1. The van der Waals surface area contributed by atoms with E-state index in [2.05, 4.69) is 69.0 Å². The van der Waals surface area contributed by atoms with Crippen LogP contribution in [-0.4, -0.2) is 24.1 Å². The van der Waals surface area contributed by atoms with Gasteiger partial charge in [0.1, 0.15) is 16.3 Å². The summed E-state index contributed by atoms with van der Waals surface area (Å²) >= 11 is 14.7. The maximum atomic E-state index is 12.9. The van der Waals surface area contributed by atoms with Crippen molar-refractivity contribution in [1.82, 2.24) is 0 Å². The van der Waals surface area contributed by atoms with Crippen molar-refractivity contribution in [2.45, 2.75) is 0 Å². The Hall–Kier alpha value is -1.20. The highest BCUT2D eigenvalue weighted by molar-refractivity contribution is 9.13. The molecule has 5 nitrogen and oxygen atoms in total. The van der Waals surface area contributed by atoms with Crippen LogP contribution < -0.4 is 10.1 Å². The van der Waals surface area contributed by atoms with Gasteiger partial charge in [-0.2, -0.15) is 0 Å². The molecule has 0 saturated carbocycles. The molecule has 0 aliphatic rings. The average Bonchev–Trinajstić information content (AvgIpc) is 3.09. The lowest BCUT2D eigenvalue weighted by molar-refractivity contribution is 0.0699. The zero-order chi connectivity index (χ0) is 21.3. The minimum absolute atomic E-state index is 0.0423. The number of nitrogens with one attached hydrogen (secondary N) is 1. The molecular weight excluding hydrogens is 658 g/mol. The molecule has 3 aromatic rings. The largest absolute Gasteiger partial charge is 0.494 e. The van der Waals surface area contributed by atoms with Crippen molar-refractivity contribution >= 4 is 91.9 Å². The predicted molar refractivity (Wildman–Crippen MR) is 128 cm³/mol. The molecule has 0 fully saturated rings. The van der Waals surface area contributed by atoms with E-state index in [0.29, 0.717) is 30.3 Å². The Balaban J connectivity index is 2.03. The molecule has 0 spiro atoms. The molecule has 3 rings (SSSR count). The number of aromatic carboxylic acids is 1. The van der Waals surface area contributed by atoms with Crippen LogP contribution in [0.3, 0.4) is 0 Å². The fourth-order valence-electron chi connectivity index (χ4n) is 2.63. The number of carbonyl (C=O) groups excluding carboxylic acids is 1. The summed E-state index contributed by atoms with van der Waals surface area (Å²) in [5.74, 6) is -1.14. The van der Waals surface area contributed by atoms with Gasteiger partial charge in [0.15, 0.2) is 0 Å². The number of ether oxygens (including phenoxy) is 1.